The Morgan fingerprint density at radius 2 is 1.96 bits per heavy atom. The summed E-state index contributed by atoms with van der Waals surface area (Å²) in [5.41, 5.74) is 4.49. The minimum atomic E-state index is 0.404. The molecule has 1 saturated heterocycles. The van der Waals surface area contributed by atoms with Gasteiger partial charge in [0.1, 0.15) is 0 Å². The molecule has 2 aromatic heterocycles. The Bertz CT molecular complexity index is 682. The van der Waals surface area contributed by atoms with E-state index in [0.29, 0.717) is 6.04 Å². The highest BCUT2D eigenvalue weighted by atomic mass is 15.3. The zero-order valence-electron chi connectivity index (χ0n) is 15.8. The number of fused-ring (bicyclic) bond motifs is 1. The van der Waals surface area contributed by atoms with E-state index in [2.05, 4.69) is 54.0 Å². The van der Waals surface area contributed by atoms with Gasteiger partial charge in [0.05, 0.1) is 5.69 Å². The van der Waals surface area contributed by atoms with Crippen LogP contribution in [0, 0.1) is 19.8 Å². The molecule has 0 amide bonds. The lowest BCUT2D eigenvalue weighted by Gasteiger charge is -2.36. The lowest BCUT2D eigenvalue weighted by molar-refractivity contribution is 0.132. The van der Waals surface area contributed by atoms with Crippen LogP contribution in [-0.2, 0) is 0 Å². The van der Waals surface area contributed by atoms with E-state index in [4.69, 9.17) is 0 Å². The molecule has 0 saturated carbocycles. The minimum absolute atomic E-state index is 0.404. The highest BCUT2D eigenvalue weighted by Gasteiger charge is 2.25. The number of piperidine rings is 1. The van der Waals surface area contributed by atoms with Gasteiger partial charge in [-0.1, -0.05) is 0 Å². The number of aryl methyl sites for hydroxylation is 2. The van der Waals surface area contributed by atoms with Crippen LogP contribution < -0.4 is 0 Å². The van der Waals surface area contributed by atoms with Crippen molar-refractivity contribution in [1.29, 1.82) is 0 Å². The number of aromatic nitrogens is 3. The van der Waals surface area contributed by atoms with Crippen molar-refractivity contribution in [2.75, 3.05) is 33.7 Å². The van der Waals surface area contributed by atoms with Crippen LogP contribution in [0.15, 0.2) is 12.3 Å². The second kappa shape index (κ2) is 7.19. The molecule has 1 fully saturated rings. The van der Waals surface area contributed by atoms with Crippen LogP contribution in [0.2, 0.25) is 0 Å². The molecule has 24 heavy (non-hydrogen) atoms. The number of likely N-dealkylation sites (tertiary alicyclic amines) is 1. The Hall–Kier alpha value is -1.46. The molecule has 1 atom stereocenters. The molecule has 0 aromatic carbocycles. The van der Waals surface area contributed by atoms with Gasteiger partial charge in [0.2, 0.25) is 0 Å². The van der Waals surface area contributed by atoms with E-state index in [0.717, 1.165) is 17.3 Å². The highest BCUT2D eigenvalue weighted by Crippen LogP contribution is 2.29. The van der Waals surface area contributed by atoms with Crippen LogP contribution in [0.1, 0.15) is 49.2 Å². The fraction of sp³-hybridized carbons (Fsp3) is 0.684. The summed E-state index contributed by atoms with van der Waals surface area (Å²) in [5.74, 6) is 0.881. The lowest BCUT2D eigenvalue weighted by atomic mass is 9.92. The average molecular weight is 329 g/mol. The maximum Gasteiger partial charge on any atom is 0.155 e. The van der Waals surface area contributed by atoms with E-state index < -0.39 is 0 Å². The standard InChI is InChI=1S/C19H31N5/c1-14-12-19-20-13-18(16(3)24(19)21-14)15(2)23-10-7-17(8-11-23)6-9-22(4)5/h12-13,15,17H,6-11H2,1-5H3. The fourth-order valence-corrected chi connectivity index (χ4v) is 3.85. The summed E-state index contributed by atoms with van der Waals surface area (Å²) in [4.78, 5) is 9.52. The summed E-state index contributed by atoms with van der Waals surface area (Å²) >= 11 is 0. The third-order valence-corrected chi connectivity index (χ3v) is 5.52. The zero-order chi connectivity index (χ0) is 17.3. The van der Waals surface area contributed by atoms with Crippen molar-refractivity contribution in [2.45, 2.75) is 46.1 Å². The summed E-state index contributed by atoms with van der Waals surface area (Å²) in [5, 5.41) is 4.58. The van der Waals surface area contributed by atoms with Gasteiger partial charge in [-0.25, -0.2) is 9.50 Å². The molecule has 1 aliphatic rings. The summed E-state index contributed by atoms with van der Waals surface area (Å²) in [6.45, 7) is 10.1. The van der Waals surface area contributed by atoms with Crippen LogP contribution in [0.5, 0.6) is 0 Å². The van der Waals surface area contributed by atoms with Gasteiger partial charge in [0.15, 0.2) is 5.65 Å². The molecular weight excluding hydrogens is 298 g/mol. The zero-order valence-corrected chi connectivity index (χ0v) is 15.8. The second-order valence-corrected chi connectivity index (χ2v) is 7.60. The topological polar surface area (TPSA) is 36.7 Å². The van der Waals surface area contributed by atoms with Gasteiger partial charge in [0, 0.05) is 29.6 Å². The Kier molecular flexibility index (Phi) is 5.21. The van der Waals surface area contributed by atoms with Gasteiger partial charge in [0.25, 0.3) is 0 Å². The van der Waals surface area contributed by atoms with Gasteiger partial charge < -0.3 is 4.90 Å². The normalized spacial score (nSPS) is 18.6. The summed E-state index contributed by atoms with van der Waals surface area (Å²) in [6.07, 6.45) is 6.00. The van der Waals surface area contributed by atoms with E-state index in [1.54, 1.807) is 0 Å². The summed E-state index contributed by atoms with van der Waals surface area (Å²) < 4.78 is 1.99. The molecule has 0 aliphatic carbocycles. The van der Waals surface area contributed by atoms with E-state index >= 15 is 0 Å². The molecular formula is C19H31N5. The van der Waals surface area contributed by atoms with Crippen molar-refractivity contribution in [3.63, 3.8) is 0 Å². The SMILES string of the molecule is Cc1cc2ncc(C(C)N3CCC(CCN(C)C)CC3)c(C)n2n1. The molecule has 3 rings (SSSR count). The number of nitrogens with zero attached hydrogens (tertiary/aromatic N) is 5. The van der Waals surface area contributed by atoms with E-state index in [9.17, 15) is 0 Å². The van der Waals surface area contributed by atoms with Crippen LogP contribution in [0.25, 0.3) is 5.65 Å². The van der Waals surface area contributed by atoms with Crippen LogP contribution >= 0.6 is 0 Å². The van der Waals surface area contributed by atoms with Crippen LogP contribution in [0.3, 0.4) is 0 Å². The molecule has 5 heteroatoms. The molecule has 0 spiro atoms. The number of hydrogen-bond acceptors (Lipinski definition) is 4. The first-order valence-corrected chi connectivity index (χ1v) is 9.16. The van der Waals surface area contributed by atoms with Crippen molar-refractivity contribution in [3.8, 4) is 0 Å². The molecule has 1 unspecified atom stereocenters. The highest BCUT2D eigenvalue weighted by molar-refractivity contribution is 5.42. The van der Waals surface area contributed by atoms with Crippen molar-refractivity contribution >= 4 is 5.65 Å². The van der Waals surface area contributed by atoms with Crippen LogP contribution in [-0.4, -0.2) is 58.1 Å². The largest absolute Gasteiger partial charge is 0.309 e. The minimum Gasteiger partial charge on any atom is -0.309 e. The number of hydrogen-bond donors (Lipinski definition) is 0. The molecule has 5 nitrogen and oxygen atoms in total. The average Bonchev–Trinajstić information content (AvgIpc) is 2.94. The molecule has 3 heterocycles. The Morgan fingerprint density at radius 3 is 2.62 bits per heavy atom. The first-order valence-electron chi connectivity index (χ1n) is 9.16. The van der Waals surface area contributed by atoms with E-state index in [1.807, 2.05) is 17.5 Å². The summed E-state index contributed by atoms with van der Waals surface area (Å²) in [6, 6.07) is 2.44. The third kappa shape index (κ3) is 3.62. The first-order chi connectivity index (χ1) is 11.5. The van der Waals surface area contributed by atoms with Gasteiger partial charge in [-0.05, 0) is 79.7 Å². The van der Waals surface area contributed by atoms with Crippen molar-refractivity contribution in [1.82, 2.24) is 24.4 Å². The van der Waals surface area contributed by atoms with Gasteiger partial charge in [-0.2, -0.15) is 5.10 Å². The van der Waals surface area contributed by atoms with Gasteiger partial charge >= 0.3 is 0 Å². The van der Waals surface area contributed by atoms with E-state index in [-0.39, 0.29) is 0 Å². The second-order valence-electron chi connectivity index (χ2n) is 7.60. The quantitative estimate of drug-likeness (QED) is 0.845. The Balaban J connectivity index is 1.67. The summed E-state index contributed by atoms with van der Waals surface area (Å²) in [7, 11) is 4.33. The molecule has 132 valence electrons. The fourth-order valence-electron chi connectivity index (χ4n) is 3.85. The Labute approximate surface area is 145 Å². The molecule has 0 N–H and O–H groups in total. The van der Waals surface area contributed by atoms with Crippen molar-refractivity contribution in [2.24, 2.45) is 5.92 Å². The molecule has 1 aliphatic heterocycles. The predicted octanol–water partition coefficient (Wildman–Crippen LogP) is 3.07. The monoisotopic (exact) mass is 329 g/mol. The van der Waals surface area contributed by atoms with Gasteiger partial charge in [-0.15, -0.1) is 0 Å². The van der Waals surface area contributed by atoms with Crippen molar-refractivity contribution in [3.05, 3.63) is 29.2 Å². The Morgan fingerprint density at radius 1 is 1.25 bits per heavy atom. The van der Waals surface area contributed by atoms with Crippen LogP contribution in [0.4, 0.5) is 0 Å². The predicted molar refractivity (Wildman–Crippen MR) is 98.3 cm³/mol. The molecule has 0 bridgehead atoms. The maximum atomic E-state index is 4.61. The molecule has 0 radical (unpaired) electrons. The lowest BCUT2D eigenvalue weighted by Crippen LogP contribution is -2.36. The first kappa shape index (κ1) is 17.4. The third-order valence-electron chi connectivity index (χ3n) is 5.52. The van der Waals surface area contributed by atoms with E-state index in [1.165, 1.54) is 50.2 Å². The van der Waals surface area contributed by atoms with Gasteiger partial charge in [-0.3, -0.25) is 4.90 Å². The molecule has 2 aromatic rings. The smallest absolute Gasteiger partial charge is 0.155 e. The maximum absolute atomic E-state index is 4.61. The number of rotatable bonds is 5. The van der Waals surface area contributed by atoms with Crippen molar-refractivity contribution < 1.29 is 0 Å².